The Balaban J connectivity index is 3.17. The Bertz CT molecular complexity index is 665. The lowest BCUT2D eigenvalue weighted by atomic mass is 10.2. The van der Waals surface area contributed by atoms with E-state index in [1.54, 1.807) is 12.1 Å². The summed E-state index contributed by atoms with van der Waals surface area (Å²) in [4.78, 5) is 23.2. The molecule has 0 unspecified atom stereocenters. The maximum absolute atomic E-state index is 11.6. The Morgan fingerprint density at radius 3 is 2.60 bits per heavy atom. The minimum absolute atomic E-state index is 0.165. The van der Waals surface area contributed by atoms with Crippen molar-refractivity contribution in [3.8, 4) is 5.75 Å². The van der Waals surface area contributed by atoms with E-state index in [0.29, 0.717) is 5.75 Å². The summed E-state index contributed by atoms with van der Waals surface area (Å²) in [6.07, 6.45) is 0. The predicted octanol–water partition coefficient (Wildman–Crippen LogP) is -0.266. The van der Waals surface area contributed by atoms with Crippen LogP contribution in [0.3, 0.4) is 0 Å². The topological polar surface area (TPSA) is 76.0 Å². The third kappa shape index (κ3) is 1.13. The van der Waals surface area contributed by atoms with Crippen LogP contribution < -0.4 is 21.0 Å². The molecule has 1 N–H and O–H groups in total. The number of ether oxygens (including phenoxy) is 1. The fraction of sp³-hybridized carbons (Fsp3) is 0.100. The van der Waals surface area contributed by atoms with Crippen molar-refractivity contribution in [1.29, 1.82) is 0 Å². The Morgan fingerprint density at radius 2 is 2.00 bits per heavy atom. The van der Waals surface area contributed by atoms with Crippen LogP contribution in [0.15, 0.2) is 32.9 Å². The second-order valence-electron chi connectivity index (χ2n) is 2.99. The standard InChI is InChI=1S/C10H7NO4/c1-15-6-4-2-3-5-7(6)10(13)8(11-14)9(5)12/h2-4,14H,1H3. The van der Waals surface area contributed by atoms with Crippen molar-refractivity contribution in [3.05, 3.63) is 44.0 Å². The van der Waals surface area contributed by atoms with Gasteiger partial charge >= 0.3 is 0 Å². The number of benzene rings is 1. The zero-order valence-corrected chi connectivity index (χ0v) is 7.85. The first-order valence-electron chi connectivity index (χ1n) is 4.19. The lowest BCUT2D eigenvalue weighted by molar-refractivity contribution is 0.301. The van der Waals surface area contributed by atoms with Gasteiger partial charge in [-0.1, -0.05) is 11.2 Å². The van der Waals surface area contributed by atoms with Gasteiger partial charge in [-0.05, 0) is 12.1 Å². The number of hydrogen-bond donors (Lipinski definition) is 1. The Kier molecular flexibility index (Phi) is 2.00. The molecule has 2 aromatic carbocycles. The second-order valence-corrected chi connectivity index (χ2v) is 2.99. The molecule has 0 aliphatic heterocycles. The summed E-state index contributed by atoms with van der Waals surface area (Å²) in [7, 11) is 1.40. The molecule has 0 fully saturated rings. The molecule has 0 saturated carbocycles. The highest BCUT2D eigenvalue weighted by Crippen LogP contribution is 2.18. The van der Waals surface area contributed by atoms with Gasteiger partial charge in [-0.25, -0.2) is 0 Å². The Labute approximate surface area is 83.5 Å². The fourth-order valence-corrected chi connectivity index (χ4v) is 1.56. The van der Waals surface area contributed by atoms with Crippen molar-refractivity contribution in [2.24, 2.45) is 5.16 Å². The molecule has 0 spiro atoms. The average molecular weight is 205 g/mol. The van der Waals surface area contributed by atoms with Crippen molar-refractivity contribution in [3.63, 3.8) is 0 Å². The molecule has 0 saturated heterocycles. The molecule has 0 heterocycles. The SMILES string of the molecule is COc1cccc2c(=O)c(=NO)c(=O)c12. The van der Waals surface area contributed by atoms with E-state index in [0.717, 1.165) is 0 Å². The van der Waals surface area contributed by atoms with Crippen molar-refractivity contribution >= 4 is 10.8 Å². The van der Waals surface area contributed by atoms with Crippen LogP contribution in [0.25, 0.3) is 10.8 Å². The number of rotatable bonds is 1. The zero-order chi connectivity index (χ0) is 11.0. The van der Waals surface area contributed by atoms with E-state index in [1.165, 1.54) is 13.2 Å². The average Bonchev–Trinajstić information content (AvgIpc) is 2.51. The molecule has 0 radical (unpaired) electrons. The van der Waals surface area contributed by atoms with Crippen molar-refractivity contribution in [1.82, 2.24) is 0 Å². The first-order valence-corrected chi connectivity index (χ1v) is 4.19. The summed E-state index contributed by atoms with van der Waals surface area (Å²) in [6.45, 7) is 0. The molecular weight excluding hydrogens is 198 g/mol. The van der Waals surface area contributed by atoms with Crippen LogP contribution in [0.5, 0.6) is 5.75 Å². The molecular formula is C10H7NO4. The predicted molar refractivity (Wildman–Crippen MR) is 52.8 cm³/mol. The fourth-order valence-electron chi connectivity index (χ4n) is 1.56. The van der Waals surface area contributed by atoms with E-state index < -0.39 is 16.2 Å². The first-order chi connectivity index (χ1) is 7.20. The zero-order valence-electron chi connectivity index (χ0n) is 7.85. The molecule has 0 aliphatic carbocycles. The van der Waals surface area contributed by atoms with Gasteiger partial charge in [0.2, 0.25) is 10.9 Å². The summed E-state index contributed by atoms with van der Waals surface area (Å²) in [5, 5.41) is 11.2. The Morgan fingerprint density at radius 1 is 1.27 bits per heavy atom. The van der Waals surface area contributed by atoms with Gasteiger partial charge in [0.15, 0.2) is 5.36 Å². The molecule has 0 atom stereocenters. The van der Waals surface area contributed by atoms with E-state index in [1.807, 2.05) is 0 Å². The third-order valence-electron chi connectivity index (χ3n) is 2.25. The van der Waals surface area contributed by atoms with Crippen LogP contribution in [0.1, 0.15) is 0 Å². The summed E-state index contributed by atoms with van der Waals surface area (Å²) in [6, 6.07) is 4.67. The van der Waals surface area contributed by atoms with Gasteiger partial charge in [0.05, 0.1) is 12.5 Å². The van der Waals surface area contributed by atoms with E-state index in [-0.39, 0.29) is 10.8 Å². The molecule has 76 valence electrons. The first kappa shape index (κ1) is 9.39. The molecule has 2 aromatic rings. The smallest absolute Gasteiger partial charge is 0.223 e. The highest BCUT2D eigenvalue weighted by atomic mass is 16.5. The Hall–Kier alpha value is -2.17. The maximum Gasteiger partial charge on any atom is 0.223 e. The molecule has 5 nitrogen and oxygen atoms in total. The largest absolute Gasteiger partial charge is 0.496 e. The molecule has 0 aromatic heterocycles. The van der Waals surface area contributed by atoms with Crippen molar-refractivity contribution in [2.75, 3.05) is 7.11 Å². The number of nitrogens with zero attached hydrogens (tertiary/aromatic N) is 1. The van der Waals surface area contributed by atoms with E-state index in [9.17, 15) is 9.59 Å². The molecule has 0 bridgehead atoms. The van der Waals surface area contributed by atoms with Crippen LogP contribution in [-0.4, -0.2) is 12.3 Å². The number of hydrogen-bond acceptors (Lipinski definition) is 5. The maximum atomic E-state index is 11.6. The van der Waals surface area contributed by atoms with E-state index in [4.69, 9.17) is 9.94 Å². The van der Waals surface area contributed by atoms with Gasteiger partial charge in [-0.3, -0.25) is 9.59 Å². The van der Waals surface area contributed by atoms with Crippen LogP contribution >= 0.6 is 0 Å². The quantitative estimate of drug-likeness (QED) is 0.513. The normalized spacial score (nSPS) is 12.2. The van der Waals surface area contributed by atoms with Crippen LogP contribution in [0, 0.1) is 0 Å². The van der Waals surface area contributed by atoms with Gasteiger partial charge in [0, 0.05) is 5.39 Å². The highest BCUT2D eigenvalue weighted by molar-refractivity contribution is 5.89. The van der Waals surface area contributed by atoms with Gasteiger partial charge < -0.3 is 9.94 Å². The molecule has 5 heteroatoms. The molecule has 15 heavy (non-hydrogen) atoms. The third-order valence-corrected chi connectivity index (χ3v) is 2.25. The molecule has 0 amide bonds. The lowest BCUT2D eigenvalue weighted by Gasteiger charge is -1.98. The van der Waals surface area contributed by atoms with Gasteiger partial charge in [0.1, 0.15) is 5.75 Å². The molecule has 2 rings (SSSR count). The monoisotopic (exact) mass is 205 g/mol. The van der Waals surface area contributed by atoms with Crippen LogP contribution in [-0.2, 0) is 0 Å². The summed E-state index contributed by atoms with van der Waals surface area (Å²) >= 11 is 0. The van der Waals surface area contributed by atoms with E-state index >= 15 is 0 Å². The van der Waals surface area contributed by atoms with Crippen molar-refractivity contribution < 1.29 is 9.94 Å². The van der Waals surface area contributed by atoms with E-state index in [2.05, 4.69) is 5.16 Å². The van der Waals surface area contributed by atoms with Crippen molar-refractivity contribution in [2.45, 2.75) is 0 Å². The lowest BCUT2D eigenvalue weighted by Crippen LogP contribution is -2.31. The minimum Gasteiger partial charge on any atom is -0.496 e. The molecule has 0 aliphatic rings. The van der Waals surface area contributed by atoms with Gasteiger partial charge in [-0.2, -0.15) is 0 Å². The minimum atomic E-state index is -0.602. The highest BCUT2D eigenvalue weighted by Gasteiger charge is 2.14. The summed E-state index contributed by atoms with van der Waals surface area (Å²) in [5.74, 6) is 0.310. The van der Waals surface area contributed by atoms with Gasteiger partial charge in [0.25, 0.3) is 0 Å². The summed E-state index contributed by atoms with van der Waals surface area (Å²) < 4.78 is 4.96. The number of methoxy groups -OCH3 is 1. The van der Waals surface area contributed by atoms with Crippen LogP contribution in [0.4, 0.5) is 0 Å². The second kappa shape index (κ2) is 3.20. The number of fused-ring (bicyclic) bond motifs is 1. The van der Waals surface area contributed by atoms with Gasteiger partial charge in [-0.15, -0.1) is 0 Å². The summed E-state index contributed by atoms with van der Waals surface area (Å²) in [5.41, 5.74) is -1.17. The van der Waals surface area contributed by atoms with Crippen LogP contribution in [0.2, 0.25) is 0 Å².